The summed E-state index contributed by atoms with van der Waals surface area (Å²) in [4.78, 5) is 11.9. The molecule has 1 N–H and O–H groups in total. The fraction of sp³-hybridized carbons (Fsp3) is 0.0800. The summed E-state index contributed by atoms with van der Waals surface area (Å²) in [5, 5.41) is 18.3. The van der Waals surface area contributed by atoms with Gasteiger partial charge in [0.2, 0.25) is 5.89 Å². The van der Waals surface area contributed by atoms with E-state index in [0.717, 1.165) is 11.8 Å². The minimum atomic E-state index is -1.17. The number of halogens is 3. The molecular weight excluding hydrogens is 622 g/mol. The van der Waals surface area contributed by atoms with Gasteiger partial charge < -0.3 is 19.0 Å². The molecule has 4 aromatic rings. The first-order valence-electron chi connectivity index (χ1n) is 10.3. The Labute approximate surface area is 228 Å². The summed E-state index contributed by atoms with van der Waals surface area (Å²) < 4.78 is 31.5. The molecule has 4 rings (SSSR count). The Morgan fingerprint density at radius 3 is 2.64 bits per heavy atom. The Balaban J connectivity index is 1.56. The van der Waals surface area contributed by atoms with E-state index in [0.29, 0.717) is 36.8 Å². The molecule has 3 aromatic carbocycles. The number of thioether (sulfide) groups is 1. The van der Waals surface area contributed by atoms with Gasteiger partial charge in [-0.3, -0.25) is 0 Å². The number of aliphatic carboxylic acids is 1. The lowest BCUT2D eigenvalue weighted by Gasteiger charge is -2.14. The molecule has 1 heterocycles. The van der Waals surface area contributed by atoms with E-state index in [1.165, 1.54) is 19.3 Å². The van der Waals surface area contributed by atoms with E-state index in [2.05, 4.69) is 32.8 Å². The topological polar surface area (TPSA) is 94.7 Å². The molecule has 0 radical (unpaired) electrons. The molecule has 184 valence electrons. The maximum absolute atomic E-state index is 14.0. The molecule has 0 fully saturated rings. The van der Waals surface area contributed by atoms with Gasteiger partial charge in [0, 0.05) is 16.1 Å². The summed E-state index contributed by atoms with van der Waals surface area (Å²) in [5.74, 6) is -0.490. The highest BCUT2D eigenvalue weighted by Crippen LogP contribution is 2.37. The molecule has 0 saturated carbocycles. The number of hydrogen-bond acceptors (Lipinski definition) is 7. The summed E-state index contributed by atoms with van der Waals surface area (Å²) in [6.45, 7) is 0.0115. The minimum Gasteiger partial charge on any atom is -0.493 e. The average Bonchev–Trinajstić information content (AvgIpc) is 3.32. The molecular formula is C25H17ClFIN2O5S. The van der Waals surface area contributed by atoms with Crippen LogP contribution in [0.5, 0.6) is 11.5 Å². The number of carbonyl (C=O) groups is 1. The van der Waals surface area contributed by atoms with Gasteiger partial charge >= 0.3 is 5.97 Å². The third kappa shape index (κ3) is 6.37. The van der Waals surface area contributed by atoms with Crippen LogP contribution >= 0.6 is 46.0 Å². The fourth-order valence-electron chi connectivity index (χ4n) is 3.07. The van der Waals surface area contributed by atoms with Crippen molar-refractivity contribution in [3.63, 3.8) is 0 Å². The van der Waals surface area contributed by atoms with Gasteiger partial charge in [-0.25, -0.2) is 9.18 Å². The quantitative estimate of drug-likeness (QED) is 0.120. The van der Waals surface area contributed by atoms with Crippen molar-refractivity contribution >= 4 is 58.0 Å². The van der Waals surface area contributed by atoms with Crippen molar-refractivity contribution in [3.05, 3.63) is 91.1 Å². The monoisotopic (exact) mass is 638 g/mol. The predicted octanol–water partition coefficient (Wildman–Crippen LogP) is 6.94. The van der Waals surface area contributed by atoms with E-state index < -0.39 is 5.97 Å². The molecule has 7 nitrogen and oxygen atoms in total. The molecule has 0 bridgehead atoms. The van der Waals surface area contributed by atoms with E-state index >= 15 is 0 Å². The summed E-state index contributed by atoms with van der Waals surface area (Å²) in [6.07, 6.45) is 1.46. The highest BCUT2D eigenvalue weighted by molar-refractivity contribution is 14.1. The van der Waals surface area contributed by atoms with Crippen LogP contribution in [0.2, 0.25) is 5.02 Å². The molecule has 36 heavy (non-hydrogen) atoms. The number of nitrogens with zero attached hydrogens (tertiary/aromatic N) is 2. The highest BCUT2D eigenvalue weighted by Gasteiger charge is 2.18. The third-order valence-corrected chi connectivity index (χ3v) is 6.69. The SMILES string of the molecule is COc1cc(/C=C(\Sc2nnc(-c3ccc(Cl)cc3)o2)C(=O)O)cc(I)c1OCc1ccccc1F. The second kappa shape index (κ2) is 11.8. The van der Waals surface area contributed by atoms with Gasteiger partial charge in [-0.2, -0.15) is 0 Å². The van der Waals surface area contributed by atoms with E-state index in [1.54, 1.807) is 54.6 Å². The Kier molecular flexibility index (Phi) is 8.49. The smallest absolute Gasteiger partial charge is 0.342 e. The van der Waals surface area contributed by atoms with E-state index in [-0.39, 0.29) is 28.4 Å². The Morgan fingerprint density at radius 1 is 1.19 bits per heavy atom. The van der Waals surface area contributed by atoms with Crippen molar-refractivity contribution in [1.82, 2.24) is 10.2 Å². The number of rotatable bonds is 9. The van der Waals surface area contributed by atoms with Crippen LogP contribution in [0, 0.1) is 9.39 Å². The Hall–Kier alpha value is -3.09. The number of hydrogen-bond donors (Lipinski definition) is 1. The van der Waals surface area contributed by atoms with Crippen LogP contribution in [0.3, 0.4) is 0 Å². The van der Waals surface area contributed by atoms with Gasteiger partial charge in [0.25, 0.3) is 5.22 Å². The van der Waals surface area contributed by atoms with Gasteiger partial charge in [-0.05, 0) is 88.5 Å². The normalized spacial score (nSPS) is 11.4. The summed E-state index contributed by atoms with van der Waals surface area (Å²) >= 11 is 8.78. The van der Waals surface area contributed by atoms with Crippen molar-refractivity contribution in [1.29, 1.82) is 0 Å². The first-order chi connectivity index (χ1) is 17.3. The zero-order chi connectivity index (χ0) is 25.7. The van der Waals surface area contributed by atoms with Gasteiger partial charge in [0.15, 0.2) is 11.5 Å². The van der Waals surface area contributed by atoms with Crippen LogP contribution in [0.25, 0.3) is 17.5 Å². The van der Waals surface area contributed by atoms with Crippen molar-refractivity contribution in [3.8, 4) is 23.0 Å². The summed E-state index contributed by atoms with van der Waals surface area (Å²) in [7, 11) is 1.47. The number of benzene rings is 3. The molecule has 0 amide bonds. The maximum Gasteiger partial charge on any atom is 0.342 e. The lowest BCUT2D eigenvalue weighted by atomic mass is 10.2. The molecule has 1 aromatic heterocycles. The molecule has 0 spiro atoms. The lowest BCUT2D eigenvalue weighted by Crippen LogP contribution is -2.02. The second-order valence-corrected chi connectivity index (χ2v) is 9.80. The second-order valence-electron chi connectivity index (χ2n) is 7.21. The minimum absolute atomic E-state index is 0.0115. The van der Waals surface area contributed by atoms with Gasteiger partial charge in [-0.1, -0.05) is 29.8 Å². The van der Waals surface area contributed by atoms with Crippen LogP contribution in [0.4, 0.5) is 4.39 Å². The van der Waals surface area contributed by atoms with Crippen LogP contribution in [-0.4, -0.2) is 28.4 Å². The van der Waals surface area contributed by atoms with Crippen molar-refractivity contribution in [2.24, 2.45) is 0 Å². The number of carboxylic acids is 1. The largest absolute Gasteiger partial charge is 0.493 e. The Morgan fingerprint density at radius 2 is 1.94 bits per heavy atom. The zero-order valence-corrected chi connectivity index (χ0v) is 22.3. The molecule has 0 unspecified atom stereocenters. The molecule has 11 heteroatoms. The molecule has 0 aliphatic heterocycles. The average molecular weight is 639 g/mol. The number of ether oxygens (including phenoxy) is 2. The van der Waals surface area contributed by atoms with Crippen LogP contribution in [0.1, 0.15) is 11.1 Å². The number of aromatic nitrogens is 2. The summed E-state index contributed by atoms with van der Waals surface area (Å²) in [5.41, 5.74) is 1.61. The first kappa shape index (κ1) is 26.0. The van der Waals surface area contributed by atoms with E-state index in [9.17, 15) is 14.3 Å². The molecule has 0 atom stereocenters. The zero-order valence-electron chi connectivity index (χ0n) is 18.6. The molecule has 0 saturated heterocycles. The molecule has 0 aliphatic rings. The van der Waals surface area contributed by atoms with Crippen LogP contribution in [-0.2, 0) is 11.4 Å². The lowest BCUT2D eigenvalue weighted by molar-refractivity contribution is -0.131. The van der Waals surface area contributed by atoms with Gasteiger partial charge in [-0.15, -0.1) is 10.2 Å². The first-order valence-corrected chi connectivity index (χ1v) is 12.6. The fourth-order valence-corrected chi connectivity index (χ4v) is 4.65. The highest BCUT2D eigenvalue weighted by atomic mass is 127. The number of methoxy groups -OCH3 is 1. The van der Waals surface area contributed by atoms with Crippen LogP contribution < -0.4 is 9.47 Å². The van der Waals surface area contributed by atoms with Crippen molar-refractivity contribution in [2.45, 2.75) is 11.8 Å². The maximum atomic E-state index is 14.0. The van der Waals surface area contributed by atoms with Gasteiger partial charge in [0.1, 0.15) is 17.3 Å². The standard InChI is InChI=1S/C25H17ClFIN2O5S/c1-33-20-11-14(10-19(28)22(20)34-13-16-4-2-3-5-18(16)27)12-21(24(31)32)36-25-30-29-23(35-25)15-6-8-17(26)9-7-15/h2-12H,13H2,1H3,(H,31,32)/b21-12-. The van der Waals surface area contributed by atoms with Crippen molar-refractivity contribution in [2.75, 3.05) is 7.11 Å². The van der Waals surface area contributed by atoms with E-state index in [4.69, 9.17) is 25.5 Å². The molecule has 0 aliphatic carbocycles. The van der Waals surface area contributed by atoms with Crippen molar-refractivity contribution < 1.29 is 28.2 Å². The van der Waals surface area contributed by atoms with E-state index in [1.807, 2.05) is 0 Å². The summed E-state index contributed by atoms with van der Waals surface area (Å²) in [6, 6.07) is 16.5. The number of carboxylic acid groups (broad SMARTS) is 1. The third-order valence-electron chi connectivity index (χ3n) is 4.79. The van der Waals surface area contributed by atoms with Crippen LogP contribution in [0.15, 0.2) is 75.2 Å². The Bertz CT molecular complexity index is 1430. The predicted molar refractivity (Wildman–Crippen MR) is 143 cm³/mol. The van der Waals surface area contributed by atoms with Gasteiger partial charge in [0.05, 0.1) is 10.7 Å².